The van der Waals surface area contributed by atoms with Gasteiger partial charge in [-0.05, 0) is 30.3 Å². The van der Waals surface area contributed by atoms with Crippen LogP contribution in [0.5, 0.6) is 0 Å². The predicted octanol–water partition coefficient (Wildman–Crippen LogP) is 2.80. The van der Waals surface area contributed by atoms with Crippen molar-refractivity contribution in [3.63, 3.8) is 0 Å². The summed E-state index contributed by atoms with van der Waals surface area (Å²) >= 11 is 6.83. The van der Waals surface area contributed by atoms with Gasteiger partial charge in [0.25, 0.3) is 18.2 Å². The Labute approximate surface area is 207 Å². The third-order valence-corrected chi connectivity index (χ3v) is 6.11. The van der Waals surface area contributed by atoms with Gasteiger partial charge in [0.05, 0.1) is 22.9 Å². The first-order valence-corrected chi connectivity index (χ1v) is 11.4. The Balaban J connectivity index is 1.76. The molecule has 1 aromatic carbocycles. The van der Waals surface area contributed by atoms with Crippen LogP contribution in [-0.4, -0.2) is 63.3 Å². The Morgan fingerprint density at radius 1 is 1.26 bits per heavy atom. The van der Waals surface area contributed by atoms with Crippen LogP contribution < -0.4 is 20.9 Å². The third kappa shape index (κ3) is 6.87. The van der Waals surface area contributed by atoms with E-state index in [-0.39, 0.29) is 48.5 Å². The second-order valence-corrected chi connectivity index (χ2v) is 8.88. The molecular formula is C21H21ClF2N4O6S. The van der Waals surface area contributed by atoms with Gasteiger partial charge in [0.2, 0.25) is 5.91 Å². The van der Waals surface area contributed by atoms with E-state index in [1.165, 1.54) is 29.2 Å². The molecular weight excluding hydrogens is 510 g/mol. The zero-order valence-corrected chi connectivity index (χ0v) is 19.9. The molecule has 4 amide bonds. The van der Waals surface area contributed by atoms with E-state index in [0.717, 1.165) is 24.5 Å². The molecule has 3 N–H and O–H groups in total. The van der Waals surface area contributed by atoms with Gasteiger partial charge in [-0.1, -0.05) is 11.6 Å². The second-order valence-electron chi connectivity index (χ2n) is 7.16. The molecule has 0 spiro atoms. The van der Waals surface area contributed by atoms with Gasteiger partial charge in [-0.2, -0.15) is 0 Å². The SMILES string of the molecule is COC(=O)N[C@H](CNC(=O)c1ccc(Cl)s1)C(=O)Nc1ccc(N2CCOCC2=O)cc1C(F)F. The summed E-state index contributed by atoms with van der Waals surface area (Å²) in [5, 5.41) is 7.08. The predicted molar refractivity (Wildman–Crippen MR) is 124 cm³/mol. The highest BCUT2D eigenvalue weighted by Crippen LogP contribution is 2.32. The number of nitrogens with one attached hydrogen (secondary N) is 3. The van der Waals surface area contributed by atoms with E-state index in [1.807, 2.05) is 0 Å². The van der Waals surface area contributed by atoms with Gasteiger partial charge in [0.1, 0.15) is 12.6 Å². The minimum absolute atomic E-state index is 0.160. The van der Waals surface area contributed by atoms with Crippen molar-refractivity contribution in [2.45, 2.75) is 12.5 Å². The highest BCUT2D eigenvalue weighted by atomic mass is 35.5. The Hall–Kier alpha value is -3.29. The molecule has 188 valence electrons. The summed E-state index contributed by atoms with van der Waals surface area (Å²) in [6, 6.07) is 5.41. The van der Waals surface area contributed by atoms with Crippen LogP contribution in [0.25, 0.3) is 0 Å². The summed E-state index contributed by atoms with van der Waals surface area (Å²) in [4.78, 5) is 50.5. The number of thiophene rings is 1. The topological polar surface area (TPSA) is 126 Å². The first-order chi connectivity index (χ1) is 16.7. The minimum Gasteiger partial charge on any atom is -0.453 e. The molecule has 2 aromatic rings. The molecule has 0 unspecified atom stereocenters. The quantitative estimate of drug-likeness (QED) is 0.482. The largest absolute Gasteiger partial charge is 0.453 e. The van der Waals surface area contributed by atoms with Gasteiger partial charge in [-0.15, -0.1) is 11.3 Å². The molecule has 1 atom stereocenters. The maximum absolute atomic E-state index is 13.8. The number of carbonyl (C=O) groups excluding carboxylic acids is 4. The molecule has 35 heavy (non-hydrogen) atoms. The number of ether oxygens (including phenoxy) is 2. The van der Waals surface area contributed by atoms with Gasteiger partial charge in [-0.3, -0.25) is 14.4 Å². The second kappa shape index (κ2) is 11.9. The summed E-state index contributed by atoms with van der Waals surface area (Å²) in [6.45, 7) is -0.0571. The lowest BCUT2D eigenvalue weighted by atomic mass is 10.1. The highest BCUT2D eigenvalue weighted by molar-refractivity contribution is 7.18. The third-order valence-electron chi connectivity index (χ3n) is 4.88. The zero-order valence-electron chi connectivity index (χ0n) is 18.3. The number of anilines is 2. The van der Waals surface area contributed by atoms with Crippen LogP contribution in [0.1, 0.15) is 21.7 Å². The first-order valence-electron chi connectivity index (χ1n) is 10.2. The molecule has 1 fully saturated rings. The molecule has 2 heterocycles. The van der Waals surface area contributed by atoms with Crippen LogP contribution in [0.4, 0.5) is 25.0 Å². The van der Waals surface area contributed by atoms with Gasteiger partial charge >= 0.3 is 6.09 Å². The normalized spacial score (nSPS) is 14.4. The molecule has 0 bridgehead atoms. The van der Waals surface area contributed by atoms with Crippen molar-refractivity contribution in [3.05, 3.63) is 45.1 Å². The summed E-state index contributed by atoms with van der Waals surface area (Å²) in [5.74, 6) is -1.80. The fraction of sp³-hybridized carbons (Fsp3) is 0.333. The van der Waals surface area contributed by atoms with Gasteiger partial charge in [-0.25, -0.2) is 13.6 Å². The van der Waals surface area contributed by atoms with E-state index >= 15 is 0 Å². The van der Waals surface area contributed by atoms with Crippen molar-refractivity contribution in [3.8, 4) is 0 Å². The maximum atomic E-state index is 13.8. The van der Waals surface area contributed by atoms with Crippen LogP contribution in [0.2, 0.25) is 4.34 Å². The number of carbonyl (C=O) groups is 4. The number of alkyl carbamates (subject to hydrolysis) is 1. The number of alkyl halides is 2. The van der Waals surface area contributed by atoms with E-state index in [4.69, 9.17) is 16.3 Å². The highest BCUT2D eigenvalue weighted by Gasteiger charge is 2.26. The number of halogens is 3. The van der Waals surface area contributed by atoms with Gasteiger partial charge < -0.3 is 30.3 Å². The molecule has 1 aliphatic heterocycles. The average molecular weight is 531 g/mol. The van der Waals surface area contributed by atoms with Gasteiger partial charge in [0.15, 0.2) is 0 Å². The van der Waals surface area contributed by atoms with E-state index in [0.29, 0.717) is 4.34 Å². The van der Waals surface area contributed by atoms with E-state index in [9.17, 15) is 28.0 Å². The number of benzene rings is 1. The summed E-state index contributed by atoms with van der Waals surface area (Å²) < 4.78 is 37.5. The van der Waals surface area contributed by atoms with E-state index in [1.54, 1.807) is 0 Å². The van der Waals surface area contributed by atoms with Crippen molar-refractivity contribution in [2.24, 2.45) is 0 Å². The first kappa shape index (κ1) is 26.3. The van der Waals surface area contributed by atoms with Crippen LogP contribution in [0.15, 0.2) is 30.3 Å². The van der Waals surface area contributed by atoms with Crippen LogP contribution in [0.3, 0.4) is 0 Å². The smallest absolute Gasteiger partial charge is 0.407 e. The van der Waals surface area contributed by atoms with Crippen molar-refractivity contribution < 1.29 is 37.4 Å². The number of rotatable bonds is 8. The number of hydrogen-bond acceptors (Lipinski definition) is 7. The fourth-order valence-electron chi connectivity index (χ4n) is 3.15. The molecule has 14 heteroatoms. The van der Waals surface area contributed by atoms with Crippen LogP contribution >= 0.6 is 22.9 Å². The number of methoxy groups -OCH3 is 1. The van der Waals surface area contributed by atoms with Crippen molar-refractivity contribution in [2.75, 3.05) is 43.6 Å². The van der Waals surface area contributed by atoms with E-state index < -0.39 is 35.9 Å². The lowest BCUT2D eigenvalue weighted by Crippen LogP contribution is -2.50. The van der Waals surface area contributed by atoms with Gasteiger partial charge in [0, 0.05) is 30.0 Å². The molecule has 0 radical (unpaired) electrons. The maximum Gasteiger partial charge on any atom is 0.407 e. The Kier molecular flexibility index (Phi) is 8.95. The lowest BCUT2D eigenvalue weighted by molar-refractivity contribution is -0.125. The lowest BCUT2D eigenvalue weighted by Gasteiger charge is -2.27. The molecule has 1 saturated heterocycles. The number of nitrogens with zero attached hydrogens (tertiary/aromatic N) is 1. The van der Waals surface area contributed by atoms with Crippen LogP contribution in [0, 0.1) is 0 Å². The van der Waals surface area contributed by atoms with E-state index in [2.05, 4.69) is 20.7 Å². The van der Waals surface area contributed by atoms with Crippen molar-refractivity contribution >= 4 is 58.1 Å². The molecule has 10 nitrogen and oxygen atoms in total. The standard InChI is InChI=1S/C21H21ClF2N4O6S/c1-33-21(32)27-14(9-25-20(31)15-4-5-16(22)35-15)19(30)26-13-3-2-11(8-12(13)18(23)24)28-6-7-34-10-17(28)29/h2-5,8,14,18H,6-7,9-10H2,1H3,(H,25,31)(H,26,30)(H,27,32)/t14-/m1/s1. The number of amides is 4. The molecule has 1 aliphatic rings. The van der Waals surface area contributed by atoms with Crippen molar-refractivity contribution in [1.29, 1.82) is 0 Å². The Bertz CT molecular complexity index is 1120. The number of morpholine rings is 1. The summed E-state index contributed by atoms with van der Waals surface area (Å²) in [6.07, 6.45) is -3.94. The van der Waals surface area contributed by atoms with Crippen LogP contribution in [-0.2, 0) is 19.1 Å². The van der Waals surface area contributed by atoms with Crippen molar-refractivity contribution in [1.82, 2.24) is 10.6 Å². The summed E-state index contributed by atoms with van der Waals surface area (Å²) in [7, 11) is 1.08. The Morgan fingerprint density at radius 3 is 2.66 bits per heavy atom. The average Bonchev–Trinajstić information content (AvgIpc) is 3.28. The molecule has 0 saturated carbocycles. The Morgan fingerprint density at radius 2 is 2.03 bits per heavy atom. The molecule has 3 rings (SSSR count). The molecule has 1 aromatic heterocycles. The number of hydrogen-bond donors (Lipinski definition) is 3. The monoisotopic (exact) mass is 530 g/mol. The zero-order chi connectivity index (χ0) is 25.5. The molecule has 0 aliphatic carbocycles. The minimum atomic E-state index is -2.98. The summed E-state index contributed by atoms with van der Waals surface area (Å²) in [5.41, 5.74) is -0.510. The fourth-order valence-corrected chi connectivity index (χ4v) is 4.11.